The number of ether oxygens (including phenoxy) is 2. The molecule has 9 heteroatoms. The number of benzene rings is 1. The van der Waals surface area contributed by atoms with Crippen LogP contribution in [-0.4, -0.2) is 75.4 Å². The lowest BCUT2D eigenvalue weighted by molar-refractivity contribution is -0.0721. The van der Waals surface area contributed by atoms with Crippen LogP contribution >= 0.6 is 35.6 Å². The summed E-state index contributed by atoms with van der Waals surface area (Å²) in [5, 5.41) is 6.86. The van der Waals surface area contributed by atoms with E-state index in [4.69, 9.17) is 21.1 Å². The first-order valence-electron chi connectivity index (χ1n) is 10.9. The Kier molecular flexibility index (Phi) is 11.9. The zero-order chi connectivity index (χ0) is 21.2. The van der Waals surface area contributed by atoms with Gasteiger partial charge in [0.05, 0.1) is 18.8 Å². The summed E-state index contributed by atoms with van der Waals surface area (Å²) in [6.07, 6.45) is 6.07. The number of rotatable bonds is 7. The molecule has 31 heavy (non-hydrogen) atoms. The van der Waals surface area contributed by atoms with E-state index in [1.54, 1.807) is 31.3 Å². The van der Waals surface area contributed by atoms with Crippen molar-refractivity contribution >= 4 is 47.4 Å². The molecule has 1 aromatic carbocycles. The number of carbonyl (C=O) groups is 1. The van der Waals surface area contributed by atoms with Crippen LogP contribution in [0.15, 0.2) is 29.3 Å². The van der Waals surface area contributed by atoms with E-state index in [1.807, 2.05) is 0 Å². The van der Waals surface area contributed by atoms with Crippen LogP contribution in [0.5, 0.6) is 0 Å². The van der Waals surface area contributed by atoms with Crippen LogP contribution in [-0.2, 0) is 9.47 Å². The molecule has 2 aliphatic heterocycles. The smallest absolute Gasteiger partial charge is 0.251 e. The van der Waals surface area contributed by atoms with Gasteiger partial charge in [-0.25, -0.2) is 0 Å². The van der Waals surface area contributed by atoms with Gasteiger partial charge < -0.3 is 25.0 Å². The van der Waals surface area contributed by atoms with Gasteiger partial charge in [0.2, 0.25) is 0 Å². The van der Waals surface area contributed by atoms with Crippen LogP contribution < -0.4 is 10.6 Å². The topological polar surface area (TPSA) is 75.2 Å². The quantitative estimate of drug-likeness (QED) is 0.230. The van der Waals surface area contributed by atoms with Gasteiger partial charge in [-0.1, -0.05) is 11.6 Å². The monoisotopic (exact) mass is 564 g/mol. The molecule has 0 aromatic heterocycles. The Labute approximate surface area is 207 Å². The molecule has 2 N–H and O–H groups in total. The molecule has 2 saturated heterocycles. The lowest BCUT2D eigenvalue weighted by Gasteiger charge is -2.35. The highest BCUT2D eigenvalue weighted by Crippen LogP contribution is 2.18. The van der Waals surface area contributed by atoms with Crippen LogP contribution in [0.4, 0.5) is 0 Å². The van der Waals surface area contributed by atoms with Gasteiger partial charge in [-0.15, -0.1) is 24.0 Å². The minimum atomic E-state index is -0.108. The van der Waals surface area contributed by atoms with E-state index < -0.39 is 0 Å². The molecule has 0 bridgehead atoms. The van der Waals surface area contributed by atoms with Gasteiger partial charge in [0.15, 0.2) is 5.96 Å². The predicted octanol–water partition coefficient (Wildman–Crippen LogP) is 3.31. The number of likely N-dealkylation sites (tertiary alicyclic amines) is 1. The third-order valence-corrected chi connectivity index (χ3v) is 5.80. The number of hydrogen-bond acceptors (Lipinski definition) is 4. The molecule has 2 aliphatic rings. The van der Waals surface area contributed by atoms with E-state index in [0.29, 0.717) is 36.4 Å². The van der Waals surface area contributed by atoms with E-state index in [-0.39, 0.29) is 36.0 Å². The Balaban J connectivity index is 0.00000341. The molecule has 2 fully saturated rings. The number of halogens is 2. The fourth-order valence-electron chi connectivity index (χ4n) is 3.80. The maximum Gasteiger partial charge on any atom is 0.251 e. The predicted molar refractivity (Wildman–Crippen MR) is 135 cm³/mol. The van der Waals surface area contributed by atoms with Gasteiger partial charge in [0.25, 0.3) is 5.91 Å². The maximum atomic E-state index is 12.1. The van der Waals surface area contributed by atoms with Crippen LogP contribution in [0, 0.1) is 0 Å². The number of aliphatic imine (C=N–C) groups is 1. The van der Waals surface area contributed by atoms with Crippen molar-refractivity contribution in [3.05, 3.63) is 34.9 Å². The standard InChI is InChI=1S/C22H33ClN4O3.HI/c1-24-22(26-12-11-25-21(28)17-5-7-18(23)8-6-17)27-13-9-19(10-14-27)30-16-20-4-2-3-15-29-20;/h5-8,19-20H,2-4,9-16H2,1H3,(H,24,26)(H,25,28);1H. The highest BCUT2D eigenvalue weighted by Gasteiger charge is 2.23. The Bertz CT molecular complexity index is 691. The van der Waals surface area contributed by atoms with Crippen molar-refractivity contribution in [2.45, 2.75) is 44.3 Å². The second kappa shape index (κ2) is 14.1. The molecule has 2 heterocycles. The van der Waals surface area contributed by atoms with Crippen LogP contribution in [0.1, 0.15) is 42.5 Å². The van der Waals surface area contributed by atoms with Crippen molar-refractivity contribution in [3.63, 3.8) is 0 Å². The first kappa shape index (κ1) is 26.2. The summed E-state index contributed by atoms with van der Waals surface area (Å²) in [4.78, 5) is 18.8. The molecule has 0 saturated carbocycles. The Hall–Kier alpha value is -1.10. The molecule has 0 radical (unpaired) electrons. The zero-order valence-electron chi connectivity index (χ0n) is 18.1. The van der Waals surface area contributed by atoms with Crippen molar-refractivity contribution in [1.29, 1.82) is 0 Å². The number of hydrogen-bond donors (Lipinski definition) is 2. The third-order valence-electron chi connectivity index (χ3n) is 5.55. The molecule has 0 spiro atoms. The van der Waals surface area contributed by atoms with Gasteiger partial charge in [0, 0.05) is 50.4 Å². The minimum Gasteiger partial charge on any atom is -0.376 e. The average Bonchev–Trinajstić information content (AvgIpc) is 2.79. The fourth-order valence-corrected chi connectivity index (χ4v) is 3.93. The van der Waals surface area contributed by atoms with E-state index in [2.05, 4.69) is 20.5 Å². The van der Waals surface area contributed by atoms with E-state index in [9.17, 15) is 4.79 Å². The van der Waals surface area contributed by atoms with Gasteiger partial charge in [-0.05, 0) is 56.4 Å². The molecule has 1 amide bonds. The normalized spacial score (nSPS) is 20.1. The molecular formula is C22H34ClIN4O3. The first-order chi connectivity index (χ1) is 14.7. The van der Waals surface area contributed by atoms with Crippen LogP contribution in [0.2, 0.25) is 5.02 Å². The summed E-state index contributed by atoms with van der Waals surface area (Å²) in [6, 6.07) is 6.87. The average molecular weight is 565 g/mol. The van der Waals surface area contributed by atoms with Crippen molar-refractivity contribution in [1.82, 2.24) is 15.5 Å². The number of carbonyl (C=O) groups excluding carboxylic acids is 1. The zero-order valence-corrected chi connectivity index (χ0v) is 21.2. The largest absolute Gasteiger partial charge is 0.376 e. The SMILES string of the molecule is CN=C(NCCNC(=O)c1ccc(Cl)cc1)N1CCC(OCC2CCCCO2)CC1.I. The minimum absolute atomic E-state index is 0. The van der Waals surface area contributed by atoms with E-state index in [1.165, 1.54) is 12.8 Å². The second-order valence-electron chi connectivity index (χ2n) is 7.75. The summed E-state index contributed by atoms with van der Waals surface area (Å²) >= 11 is 5.86. The van der Waals surface area contributed by atoms with Crippen molar-refractivity contribution in [2.24, 2.45) is 4.99 Å². The van der Waals surface area contributed by atoms with Crippen LogP contribution in [0.3, 0.4) is 0 Å². The molecule has 0 aliphatic carbocycles. The third kappa shape index (κ3) is 8.75. The van der Waals surface area contributed by atoms with Crippen LogP contribution in [0.25, 0.3) is 0 Å². The summed E-state index contributed by atoms with van der Waals surface area (Å²) in [5.41, 5.74) is 0.601. The summed E-state index contributed by atoms with van der Waals surface area (Å²) < 4.78 is 11.8. The van der Waals surface area contributed by atoms with E-state index in [0.717, 1.165) is 44.9 Å². The van der Waals surface area contributed by atoms with Crippen molar-refractivity contribution in [3.8, 4) is 0 Å². The Morgan fingerprint density at radius 2 is 1.87 bits per heavy atom. The molecule has 1 atom stereocenters. The Morgan fingerprint density at radius 3 is 2.52 bits per heavy atom. The van der Waals surface area contributed by atoms with Gasteiger partial charge in [0.1, 0.15) is 0 Å². The molecule has 1 unspecified atom stereocenters. The van der Waals surface area contributed by atoms with Crippen molar-refractivity contribution in [2.75, 3.05) is 46.4 Å². The van der Waals surface area contributed by atoms with E-state index >= 15 is 0 Å². The highest BCUT2D eigenvalue weighted by atomic mass is 127. The number of piperidine rings is 1. The highest BCUT2D eigenvalue weighted by molar-refractivity contribution is 14.0. The first-order valence-corrected chi connectivity index (χ1v) is 11.3. The summed E-state index contributed by atoms with van der Waals surface area (Å²) in [7, 11) is 1.79. The van der Waals surface area contributed by atoms with Gasteiger partial charge in [-0.3, -0.25) is 9.79 Å². The number of nitrogens with one attached hydrogen (secondary N) is 2. The fraction of sp³-hybridized carbons (Fsp3) is 0.636. The molecular weight excluding hydrogens is 531 g/mol. The van der Waals surface area contributed by atoms with Gasteiger partial charge in [-0.2, -0.15) is 0 Å². The lowest BCUT2D eigenvalue weighted by atomic mass is 10.1. The molecule has 3 rings (SSSR count). The number of nitrogens with zero attached hydrogens (tertiary/aromatic N) is 2. The summed E-state index contributed by atoms with van der Waals surface area (Å²) in [5.74, 6) is 0.758. The molecule has 7 nitrogen and oxygen atoms in total. The van der Waals surface area contributed by atoms with Gasteiger partial charge >= 0.3 is 0 Å². The molecule has 1 aromatic rings. The maximum absolute atomic E-state index is 12.1. The number of guanidine groups is 1. The van der Waals surface area contributed by atoms with Crippen molar-refractivity contribution < 1.29 is 14.3 Å². The second-order valence-corrected chi connectivity index (χ2v) is 8.18. The molecule has 174 valence electrons. The Morgan fingerprint density at radius 1 is 1.16 bits per heavy atom. The summed E-state index contributed by atoms with van der Waals surface area (Å²) in [6.45, 7) is 4.53. The lowest BCUT2D eigenvalue weighted by Crippen LogP contribution is -2.48. The number of amides is 1.